The summed E-state index contributed by atoms with van der Waals surface area (Å²) in [5.74, 6) is 1.42. The molecule has 0 N–H and O–H groups in total. The summed E-state index contributed by atoms with van der Waals surface area (Å²) in [6.45, 7) is 9.65. The average Bonchev–Trinajstić information content (AvgIpc) is 3.25. The zero-order valence-corrected chi connectivity index (χ0v) is 18.9. The van der Waals surface area contributed by atoms with Crippen LogP contribution in [0.3, 0.4) is 0 Å². The van der Waals surface area contributed by atoms with Crippen molar-refractivity contribution in [2.75, 3.05) is 7.11 Å². The maximum absolute atomic E-state index is 12.4. The first-order chi connectivity index (χ1) is 14.8. The topological polar surface area (TPSA) is 53.4 Å². The Morgan fingerprint density at radius 3 is 2.45 bits per heavy atom. The molecule has 0 atom stereocenters. The maximum Gasteiger partial charge on any atom is 0.206 e. The molecule has 1 aromatic heterocycles. The zero-order valence-electron chi connectivity index (χ0n) is 18.9. The number of aromatic nitrogens is 2. The van der Waals surface area contributed by atoms with Gasteiger partial charge < -0.3 is 9.47 Å². The molecule has 0 unspecified atom stereocenters. The van der Waals surface area contributed by atoms with Crippen molar-refractivity contribution in [2.45, 2.75) is 46.3 Å². The molecule has 3 aromatic rings. The van der Waals surface area contributed by atoms with Crippen LogP contribution in [0.25, 0.3) is 6.08 Å². The molecule has 0 saturated heterocycles. The number of ether oxygens (including phenoxy) is 2. The normalized spacial score (nSPS) is 11.6. The highest BCUT2D eigenvalue weighted by Gasteiger charge is 2.13. The van der Waals surface area contributed by atoms with Gasteiger partial charge in [-0.25, -0.2) is 0 Å². The number of carbonyl (C=O) groups excluding carboxylic acids is 1. The second kappa shape index (κ2) is 9.65. The first-order valence-corrected chi connectivity index (χ1v) is 10.5. The van der Waals surface area contributed by atoms with Crippen LogP contribution >= 0.6 is 0 Å². The number of allylic oxidation sites excluding steroid dienone is 1. The summed E-state index contributed by atoms with van der Waals surface area (Å²) in [6, 6.07) is 15.7. The van der Waals surface area contributed by atoms with E-state index in [-0.39, 0.29) is 11.2 Å². The molecular formula is C26H30N2O3. The van der Waals surface area contributed by atoms with E-state index in [1.807, 2.05) is 37.3 Å². The fourth-order valence-electron chi connectivity index (χ4n) is 3.15. The van der Waals surface area contributed by atoms with Crippen molar-refractivity contribution >= 4 is 11.9 Å². The Morgan fingerprint density at radius 2 is 1.84 bits per heavy atom. The van der Waals surface area contributed by atoms with Gasteiger partial charge in [0, 0.05) is 18.3 Å². The van der Waals surface area contributed by atoms with Crippen LogP contribution in [-0.4, -0.2) is 22.7 Å². The number of ketones is 1. The second-order valence-electron chi connectivity index (χ2n) is 8.39. The van der Waals surface area contributed by atoms with Crippen molar-refractivity contribution in [3.63, 3.8) is 0 Å². The van der Waals surface area contributed by atoms with E-state index in [4.69, 9.17) is 9.47 Å². The number of carbonyl (C=O) groups is 1. The van der Waals surface area contributed by atoms with Crippen molar-refractivity contribution < 1.29 is 14.3 Å². The van der Waals surface area contributed by atoms with E-state index in [1.165, 1.54) is 5.56 Å². The lowest BCUT2D eigenvalue weighted by molar-refractivity contribution is 0.104. The van der Waals surface area contributed by atoms with Crippen molar-refractivity contribution in [3.05, 3.63) is 83.2 Å². The van der Waals surface area contributed by atoms with Crippen LogP contribution in [0.2, 0.25) is 0 Å². The van der Waals surface area contributed by atoms with Gasteiger partial charge >= 0.3 is 0 Å². The van der Waals surface area contributed by atoms with Gasteiger partial charge in [-0.05, 0) is 59.9 Å². The quantitative estimate of drug-likeness (QED) is 0.349. The third kappa shape index (κ3) is 5.85. The van der Waals surface area contributed by atoms with Crippen molar-refractivity contribution in [1.29, 1.82) is 0 Å². The number of aryl methyl sites for hydroxylation is 1. The van der Waals surface area contributed by atoms with Crippen LogP contribution < -0.4 is 9.47 Å². The van der Waals surface area contributed by atoms with Gasteiger partial charge in [0.25, 0.3) is 0 Å². The van der Waals surface area contributed by atoms with Crippen LogP contribution in [-0.2, 0) is 18.6 Å². The lowest BCUT2D eigenvalue weighted by Crippen LogP contribution is -2.10. The van der Waals surface area contributed by atoms with Gasteiger partial charge in [-0.3, -0.25) is 9.48 Å². The van der Waals surface area contributed by atoms with Crippen LogP contribution in [0.4, 0.5) is 0 Å². The Labute approximate surface area is 184 Å². The summed E-state index contributed by atoms with van der Waals surface area (Å²) in [6.07, 6.45) is 5.13. The summed E-state index contributed by atoms with van der Waals surface area (Å²) in [5, 5.41) is 4.25. The number of rotatable bonds is 8. The Balaban J connectivity index is 1.70. The maximum atomic E-state index is 12.4. The highest BCUT2D eigenvalue weighted by atomic mass is 16.5. The van der Waals surface area contributed by atoms with Crippen LogP contribution in [0, 0.1) is 0 Å². The molecule has 31 heavy (non-hydrogen) atoms. The number of hydrogen-bond donors (Lipinski definition) is 0. The molecule has 162 valence electrons. The predicted molar refractivity (Wildman–Crippen MR) is 124 cm³/mol. The molecule has 0 aliphatic heterocycles. The van der Waals surface area contributed by atoms with E-state index >= 15 is 0 Å². The second-order valence-corrected chi connectivity index (χ2v) is 8.39. The molecule has 0 aliphatic rings. The number of benzene rings is 2. The van der Waals surface area contributed by atoms with Gasteiger partial charge in [0.15, 0.2) is 0 Å². The first kappa shape index (κ1) is 22.3. The summed E-state index contributed by atoms with van der Waals surface area (Å²) in [4.78, 5) is 12.4. The SMILES string of the molecule is CCn1ccc(C(=O)/C=C/c2ccc(OC)c(COc3ccc(C(C)(C)C)cc3)c2)n1. The molecule has 3 rings (SSSR count). The number of nitrogens with zero attached hydrogens (tertiary/aromatic N) is 2. The Morgan fingerprint density at radius 1 is 1.10 bits per heavy atom. The fourth-order valence-corrected chi connectivity index (χ4v) is 3.15. The molecule has 0 bridgehead atoms. The lowest BCUT2D eigenvalue weighted by Gasteiger charge is -2.19. The van der Waals surface area contributed by atoms with Crippen molar-refractivity contribution in [1.82, 2.24) is 9.78 Å². The van der Waals surface area contributed by atoms with Crippen LogP contribution in [0.5, 0.6) is 11.5 Å². The van der Waals surface area contributed by atoms with E-state index in [9.17, 15) is 4.79 Å². The van der Waals surface area contributed by atoms with E-state index in [1.54, 1.807) is 36.2 Å². The number of hydrogen-bond acceptors (Lipinski definition) is 4. The van der Waals surface area contributed by atoms with E-state index in [2.05, 4.69) is 38.0 Å². The molecular weight excluding hydrogens is 388 g/mol. The van der Waals surface area contributed by atoms with Gasteiger partial charge in [-0.1, -0.05) is 45.0 Å². The Kier molecular flexibility index (Phi) is 6.95. The largest absolute Gasteiger partial charge is 0.496 e. The van der Waals surface area contributed by atoms with Crippen molar-refractivity contribution in [3.8, 4) is 11.5 Å². The molecule has 0 amide bonds. The average molecular weight is 419 g/mol. The van der Waals surface area contributed by atoms with E-state index in [0.717, 1.165) is 29.2 Å². The fraction of sp³-hybridized carbons (Fsp3) is 0.308. The van der Waals surface area contributed by atoms with Gasteiger partial charge in [0.05, 0.1) is 7.11 Å². The summed E-state index contributed by atoms with van der Waals surface area (Å²) in [5.41, 5.74) is 3.61. The van der Waals surface area contributed by atoms with E-state index < -0.39 is 0 Å². The molecule has 2 aromatic carbocycles. The van der Waals surface area contributed by atoms with Crippen LogP contribution in [0.1, 0.15) is 54.9 Å². The highest BCUT2D eigenvalue weighted by Crippen LogP contribution is 2.26. The first-order valence-electron chi connectivity index (χ1n) is 10.5. The molecule has 0 fully saturated rings. The van der Waals surface area contributed by atoms with Gasteiger partial charge in [0.1, 0.15) is 23.8 Å². The Hall–Kier alpha value is -3.34. The minimum atomic E-state index is -0.125. The number of methoxy groups -OCH3 is 1. The Bertz CT molecular complexity index is 1060. The van der Waals surface area contributed by atoms with Gasteiger partial charge in [-0.15, -0.1) is 0 Å². The van der Waals surface area contributed by atoms with Crippen molar-refractivity contribution in [2.24, 2.45) is 0 Å². The molecule has 0 saturated carbocycles. The smallest absolute Gasteiger partial charge is 0.206 e. The summed E-state index contributed by atoms with van der Waals surface area (Å²) in [7, 11) is 1.64. The lowest BCUT2D eigenvalue weighted by atomic mass is 9.87. The van der Waals surface area contributed by atoms with Gasteiger partial charge in [-0.2, -0.15) is 5.10 Å². The monoisotopic (exact) mass is 418 g/mol. The van der Waals surface area contributed by atoms with Crippen LogP contribution in [0.15, 0.2) is 60.8 Å². The van der Waals surface area contributed by atoms with E-state index in [0.29, 0.717) is 12.3 Å². The molecule has 5 heteroatoms. The molecule has 5 nitrogen and oxygen atoms in total. The summed E-state index contributed by atoms with van der Waals surface area (Å²) < 4.78 is 13.2. The molecule has 0 aliphatic carbocycles. The molecule has 0 radical (unpaired) electrons. The zero-order chi connectivity index (χ0) is 22.4. The minimum absolute atomic E-state index is 0.106. The summed E-state index contributed by atoms with van der Waals surface area (Å²) >= 11 is 0. The van der Waals surface area contributed by atoms with Gasteiger partial charge in [0.2, 0.25) is 5.78 Å². The predicted octanol–water partition coefficient (Wildman–Crippen LogP) is 5.68. The third-order valence-corrected chi connectivity index (χ3v) is 5.06. The third-order valence-electron chi connectivity index (χ3n) is 5.06. The molecule has 1 heterocycles. The standard InChI is InChI=1S/C26H30N2O3/c1-6-28-16-15-23(27-28)24(29)13-7-19-8-14-25(30-5)20(17-19)18-31-22-11-9-21(10-12-22)26(2,3)4/h7-17H,6,18H2,1-5H3/b13-7+. The highest BCUT2D eigenvalue weighted by molar-refractivity contribution is 6.05. The molecule has 0 spiro atoms. The minimum Gasteiger partial charge on any atom is -0.496 e.